The van der Waals surface area contributed by atoms with Crippen LogP contribution in [0.2, 0.25) is 0 Å². The first kappa shape index (κ1) is 16.0. The van der Waals surface area contributed by atoms with Crippen LogP contribution in [0.3, 0.4) is 0 Å². The van der Waals surface area contributed by atoms with E-state index >= 15 is 0 Å². The molecular formula is C14H24N2O2S. The molecule has 0 amide bonds. The van der Waals surface area contributed by atoms with Gasteiger partial charge in [0.05, 0.1) is 4.90 Å². The van der Waals surface area contributed by atoms with Gasteiger partial charge in [0.1, 0.15) is 0 Å². The molecule has 1 unspecified atom stereocenters. The van der Waals surface area contributed by atoms with Gasteiger partial charge in [-0.15, -0.1) is 0 Å². The summed E-state index contributed by atoms with van der Waals surface area (Å²) in [4.78, 5) is 0.324. The zero-order chi connectivity index (χ0) is 14.8. The van der Waals surface area contributed by atoms with Crippen molar-refractivity contribution in [2.24, 2.45) is 5.92 Å². The highest BCUT2D eigenvalue weighted by Crippen LogP contribution is 2.25. The summed E-state index contributed by atoms with van der Waals surface area (Å²) in [6, 6.07) is 5.02. The van der Waals surface area contributed by atoms with Gasteiger partial charge in [-0.25, -0.2) is 8.42 Å². The highest BCUT2D eigenvalue weighted by molar-refractivity contribution is 7.89. The van der Waals surface area contributed by atoms with Crippen LogP contribution in [0.1, 0.15) is 33.3 Å². The average molecular weight is 284 g/mol. The molecule has 0 aliphatic carbocycles. The Kier molecular flexibility index (Phi) is 4.98. The molecule has 0 aliphatic heterocycles. The first-order valence-corrected chi connectivity index (χ1v) is 8.02. The summed E-state index contributed by atoms with van der Waals surface area (Å²) >= 11 is 0. The van der Waals surface area contributed by atoms with Crippen LogP contribution in [0.5, 0.6) is 0 Å². The van der Waals surface area contributed by atoms with E-state index in [1.807, 2.05) is 27.7 Å². The van der Waals surface area contributed by atoms with Crippen molar-refractivity contribution in [3.63, 3.8) is 0 Å². The molecule has 108 valence electrons. The molecular weight excluding hydrogens is 260 g/mol. The average Bonchev–Trinajstić information content (AvgIpc) is 2.36. The zero-order valence-electron chi connectivity index (χ0n) is 12.3. The molecule has 19 heavy (non-hydrogen) atoms. The molecule has 0 fully saturated rings. The molecule has 2 N–H and O–H groups in total. The van der Waals surface area contributed by atoms with Crippen LogP contribution in [0.15, 0.2) is 23.1 Å². The van der Waals surface area contributed by atoms with Crippen molar-refractivity contribution in [3.8, 4) is 0 Å². The van der Waals surface area contributed by atoms with Gasteiger partial charge in [-0.1, -0.05) is 26.8 Å². The Morgan fingerprint density at radius 3 is 2.32 bits per heavy atom. The highest BCUT2D eigenvalue weighted by Gasteiger charge is 2.28. The van der Waals surface area contributed by atoms with Gasteiger partial charge in [0.15, 0.2) is 0 Å². The van der Waals surface area contributed by atoms with Crippen molar-refractivity contribution in [3.05, 3.63) is 23.8 Å². The van der Waals surface area contributed by atoms with Crippen molar-refractivity contribution in [2.75, 3.05) is 12.8 Å². The fourth-order valence-electron chi connectivity index (χ4n) is 1.90. The first-order chi connectivity index (χ1) is 8.71. The predicted octanol–water partition coefficient (Wildman–Crippen LogP) is 2.50. The fraction of sp³-hybridized carbons (Fsp3) is 0.571. The number of aryl methyl sites for hydroxylation is 1. The molecule has 5 heteroatoms. The number of sulfonamides is 1. The quantitative estimate of drug-likeness (QED) is 0.845. The van der Waals surface area contributed by atoms with E-state index in [4.69, 9.17) is 5.73 Å². The molecule has 0 saturated carbocycles. The summed E-state index contributed by atoms with van der Waals surface area (Å²) in [5.41, 5.74) is 7.01. The lowest BCUT2D eigenvalue weighted by Crippen LogP contribution is -2.38. The van der Waals surface area contributed by atoms with Gasteiger partial charge in [0, 0.05) is 18.8 Å². The van der Waals surface area contributed by atoms with E-state index < -0.39 is 10.0 Å². The van der Waals surface area contributed by atoms with E-state index in [1.165, 1.54) is 4.31 Å². The van der Waals surface area contributed by atoms with Gasteiger partial charge in [0.2, 0.25) is 10.0 Å². The molecule has 4 nitrogen and oxygen atoms in total. The monoisotopic (exact) mass is 284 g/mol. The fourth-order valence-corrected chi connectivity index (χ4v) is 3.72. The standard InChI is InChI=1S/C14H24N2O2S/c1-6-12-7-8-13(15)9-14(12)19(17,18)16(5)11(4)10(2)3/h7-11H,6,15H2,1-5H3. The Morgan fingerprint density at radius 1 is 1.26 bits per heavy atom. The van der Waals surface area contributed by atoms with Crippen molar-refractivity contribution in [1.29, 1.82) is 0 Å². The lowest BCUT2D eigenvalue weighted by molar-refractivity contribution is 0.315. The largest absolute Gasteiger partial charge is 0.399 e. The Balaban J connectivity index is 3.31. The first-order valence-electron chi connectivity index (χ1n) is 6.58. The van der Waals surface area contributed by atoms with E-state index in [9.17, 15) is 8.42 Å². The third-order valence-electron chi connectivity index (χ3n) is 3.67. The van der Waals surface area contributed by atoms with Crippen LogP contribution in [-0.2, 0) is 16.4 Å². The molecule has 0 aromatic heterocycles. The van der Waals surface area contributed by atoms with Gasteiger partial charge < -0.3 is 5.73 Å². The number of hydrogen-bond acceptors (Lipinski definition) is 3. The Morgan fingerprint density at radius 2 is 1.84 bits per heavy atom. The molecule has 0 spiro atoms. The summed E-state index contributed by atoms with van der Waals surface area (Å²) in [6.45, 7) is 7.88. The number of rotatable bonds is 5. The number of anilines is 1. The van der Waals surface area contributed by atoms with Crippen LogP contribution in [-0.4, -0.2) is 25.8 Å². The topological polar surface area (TPSA) is 63.4 Å². The van der Waals surface area contributed by atoms with Crippen LogP contribution in [0, 0.1) is 5.92 Å². The number of nitrogens with two attached hydrogens (primary N) is 1. The molecule has 0 saturated heterocycles. The summed E-state index contributed by atoms with van der Waals surface area (Å²) in [5, 5.41) is 0. The maximum Gasteiger partial charge on any atom is 0.243 e. The van der Waals surface area contributed by atoms with Crippen LogP contribution in [0.25, 0.3) is 0 Å². The summed E-state index contributed by atoms with van der Waals surface area (Å²) in [7, 11) is -1.87. The van der Waals surface area contributed by atoms with Crippen molar-refractivity contribution in [1.82, 2.24) is 4.31 Å². The van der Waals surface area contributed by atoms with Crippen molar-refractivity contribution in [2.45, 2.75) is 45.1 Å². The number of nitrogens with zero attached hydrogens (tertiary/aromatic N) is 1. The summed E-state index contributed by atoms with van der Waals surface area (Å²) in [6.07, 6.45) is 0.665. The summed E-state index contributed by atoms with van der Waals surface area (Å²) in [5.74, 6) is 0.255. The third kappa shape index (κ3) is 3.28. The Hall–Kier alpha value is -1.07. The second-order valence-corrected chi connectivity index (χ2v) is 7.19. The van der Waals surface area contributed by atoms with Crippen LogP contribution in [0.4, 0.5) is 5.69 Å². The molecule has 1 aromatic carbocycles. The second kappa shape index (κ2) is 5.92. The Labute approximate surface area is 116 Å². The van der Waals surface area contributed by atoms with Crippen LogP contribution >= 0.6 is 0 Å². The molecule has 0 bridgehead atoms. The van der Waals surface area contributed by atoms with Crippen LogP contribution < -0.4 is 5.73 Å². The number of benzene rings is 1. The van der Waals surface area contributed by atoms with E-state index in [-0.39, 0.29) is 12.0 Å². The highest BCUT2D eigenvalue weighted by atomic mass is 32.2. The SMILES string of the molecule is CCc1ccc(N)cc1S(=O)(=O)N(C)C(C)C(C)C. The second-order valence-electron chi connectivity index (χ2n) is 5.23. The van der Waals surface area contributed by atoms with Crippen molar-refractivity contribution >= 4 is 15.7 Å². The van der Waals surface area contributed by atoms with Gasteiger partial charge in [-0.05, 0) is 37.0 Å². The zero-order valence-corrected chi connectivity index (χ0v) is 13.2. The normalized spacial score (nSPS) is 14.1. The van der Waals surface area contributed by atoms with E-state index in [1.54, 1.807) is 25.2 Å². The smallest absolute Gasteiger partial charge is 0.243 e. The lowest BCUT2D eigenvalue weighted by atomic mass is 10.1. The van der Waals surface area contributed by atoms with E-state index in [2.05, 4.69) is 0 Å². The summed E-state index contributed by atoms with van der Waals surface area (Å²) < 4.78 is 26.8. The van der Waals surface area contributed by atoms with E-state index in [0.29, 0.717) is 17.0 Å². The van der Waals surface area contributed by atoms with E-state index in [0.717, 1.165) is 5.56 Å². The minimum Gasteiger partial charge on any atom is -0.399 e. The van der Waals surface area contributed by atoms with Crippen molar-refractivity contribution < 1.29 is 8.42 Å². The molecule has 1 atom stereocenters. The van der Waals surface area contributed by atoms with Gasteiger partial charge >= 0.3 is 0 Å². The molecule has 0 heterocycles. The van der Waals surface area contributed by atoms with Gasteiger partial charge in [-0.2, -0.15) is 4.31 Å². The molecule has 0 radical (unpaired) electrons. The maximum atomic E-state index is 12.7. The number of hydrogen-bond donors (Lipinski definition) is 1. The van der Waals surface area contributed by atoms with Gasteiger partial charge in [0.25, 0.3) is 0 Å². The molecule has 0 aliphatic rings. The minimum atomic E-state index is -3.50. The number of nitrogen functional groups attached to an aromatic ring is 1. The third-order valence-corrected chi connectivity index (χ3v) is 5.69. The molecule has 1 aromatic rings. The van der Waals surface area contributed by atoms with Gasteiger partial charge in [-0.3, -0.25) is 0 Å². The lowest BCUT2D eigenvalue weighted by Gasteiger charge is -2.28. The maximum absolute atomic E-state index is 12.7. The minimum absolute atomic E-state index is 0.0591. The Bertz CT molecular complexity index is 538. The molecule has 1 rings (SSSR count). The predicted molar refractivity (Wildman–Crippen MR) is 79.5 cm³/mol.